The summed E-state index contributed by atoms with van der Waals surface area (Å²) in [5.41, 5.74) is 0.452. The highest BCUT2D eigenvalue weighted by Gasteiger charge is 2.24. The van der Waals surface area contributed by atoms with Crippen LogP contribution in [0.25, 0.3) is 33.4 Å². The molecular formula is C40H44F4O4Si. The molecule has 0 radical (unpaired) electrons. The van der Waals surface area contributed by atoms with Crippen LogP contribution >= 0.6 is 0 Å². The van der Waals surface area contributed by atoms with Crippen LogP contribution in [0.3, 0.4) is 0 Å². The van der Waals surface area contributed by atoms with Crippen LogP contribution in [0, 0.1) is 29.2 Å². The van der Waals surface area contributed by atoms with Crippen LogP contribution < -0.4 is 9.92 Å². The molecule has 1 N–H and O–H groups in total. The molecule has 0 saturated heterocycles. The molecule has 49 heavy (non-hydrogen) atoms. The van der Waals surface area contributed by atoms with Crippen molar-refractivity contribution in [3.8, 4) is 39.1 Å². The molecule has 0 spiro atoms. The molecule has 4 nitrogen and oxygen atoms in total. The predicted octanol–water partition coefficient (Wildman–Crippen LogP) is 9.85. The van der Waals surface area contributed by atoms with Crippen LogP contribution in [0.1, 0.15) is 39.5 Å². The van der Waals surface area contributed by atoms with E-state index < -0.39 is 37.3 Å². The van der Waals surface area contributed by atoms with Gasteiger partial charge in [-0.3, -0.25) is 0 Å². The number of carbonyl (C=O) groups excluding carboxylic acids is 1. The highest BCUT2D eigenvalue weighted by atomic mass is 28.3. The molecule has 0 aliphatic heterocycles. The number of carbonyl (C=O) groups is 1. The number of hydrogen-bond donors (Lipinski definition) is 1. The summed E-state index contributed by atoms with van der Waals surface area (Å²) in [6.07, 6.45) is 3.42. The van der Waals surface area contributed by atoms with Crippen LogP contribution in [-0.4, -0.2) is 39.0 Å². The summed E-state index contributed by atoms with van der Waals surface area (Å²) < 4.78 is 72.4. The molecule has 0 amide bonds. The van der Waals surface area contributed by atoms with Crippen LogP contribution in [0.2, 0.25) is 19.1 Å². The van der Waals surface area contributed by atoms with E-state index in [-0.39, 0.29) is 47.0 Å². The van der Waals surface area contributed by atoms with Crippen molar-refractivity contribution in [2.45, 2.75) is 58.7 Å². The average molecular weight is 693 g/mol. The fourth-order valence-electron chi connectivity index (χ4n) is 5.66. The van der Waals surface area contributed by atoms with Gasteiger partial charge in [0.05, 0.1) is 21.3 Å². The zero-order valence-electron chi connectivity index (χ0n) is 28.6. The monoisotopic (exact) mass is 692 g/mol. The molecule has 0 aromatic heterocycles. The molecule has 0 bridgehead atoms. The van der Waals surface area contributed by atoms with Crippen LogP contribution in [0.4, 0.5) is 17.6 Å². The van der Waals surface area contributed by atoms with Crippen molar-refractivity contribution < 1.29 is 36.9 Å². The molecule has 260 valence electrons. The lowest BCUT2D eigenvalue weighted by Gasteiger charge is -2.23. The summed E-state index contributed by atoms with van der Waals surface area (Å²) in [5.74, 6) is -5.05. The second-order valence-corrected chi connectivity index (χ2v) is 17.9. The Morgan fingerprint density at radius 3 is 1.76 bits per heavy atom. The van der Waals surface area contributed by atoms with E-state index in [9.17, 15) is 9.90 Å². The second kappa shape index (κ2) is 16.9. The lowest BCUT2D eigenvalue weighted by atomic mass is 9.96. The number of aliphatic hydroxyl groups excluding tert-OH is 1. The molecule has 0 fully saturated rings. The summed E-state index contributed by atoms with van der Waals surface area (Å²) >= 11 is 0. The number of aliphatic hydroxyl groups is 1. The van der Waals surface area contributed by atoms with E-state index >= 15 is 17.6 Å². The Bertz CT molecular complexity index is 1750. The maximum atomic E-state index is 15.4. The van der Waals surface area contributed by atoms with Gasteiger partial charge in [0.2, 0.25) is 0 Å². The van der Waals surface area contributed by atoms with Gasteiger partial charge in [-0.15, -0.1) is 0 Å². The number of ether oxygens (including phenoxy) is 2. The van der Waals surface area contributed by atoms with E-state index in [4.69, 9.17) is 9.47 Å². The number of esters is 1. The van der Waals surface area contributed by atoms with Crippen LogP contribution in [-0.2, 0) is 9.53 Å². The fourth-order valence-corrected chi connectivity index (χ4v) is 8.26. The maximum absolute atomic E-state index is 15.4. The van der Waals surface area contributed by atoms with Gasteiger partial charge in [0, 0.05) is 40.4 Å². The maximum Gasteiger partial charge on any atom is 0.333 e. The molecular weight excluding hydrogens is 649 g/mol. The van der Waals surface area contributed by atoms with Gasteiger partial charge in [0.1, 0.15) is 5.75 Å². The minimum atomic E-state index is -1.64. The van der Waals surface area contributed by atoms with E-state index in [0.29, 0.717) is 36.3 Å². The van der Waals surface area contributed by atoms with Crippen LogP contribution in [0.5, 0.6) is 5.75 Å². The lowest BCUT2D eigenvalue weighted by molar-refractivity contribution is -0.140. The average Bonchev–Trinajstić information content (AvgIpc) is 3.10. The third kappa shape index (κ3) is 9.28. The third-order valence-corrected chi connectivity index (χ3v) is 12.3. The largest absolute Gasteiger partial charge is 0.494 e. The normalized spacial score (nSPS) is 12.1. The zero-order chi connectivity index (χ0) is 35.7. The highest BCUT2D eigenvalue weighted by molar-refractivity contribution is 6.89. The second-order valence-electron chi connectivity index (χ2n) is 13.1. The Morgan fingerprint density at radius 2 is 1.27 bits per heavy atom. The summed E-state index contributed by atoms with van der Waals surface area (Å²) in [4.78, 5) is 11.6. The van der Waals surface area contributed by atoms with Gasteiger partial charge in [-0.1, -0.05) is 111 Å². The Labute approximate surface area is 287 Å². The van der Waals surface area contributed by atoms with Gasteiger partial charge in [-0.25, -0.2) is 22.4 Å². The third-order valence-electron chi connectivity index (χ3n) is 8.84. The molecule has 0 aliphatic rings. The zero-order valence-corrected chi connectivity index (χ0v) is 29.6. The molecule has 4 aromatic rings. The Hall–Kier alpha value is -4.21. The van der Waals surface area contributed by atoms with Crippen molar-refractivity contribution in [3.63, 3.8) is 0 Å². The molecule has 0 saturated carbocycles. The van der Waals surface area contributed by atoms with Gasteiger partial charge < -0.3 is 14.6 Å². The lowest BCUT2D eigenvalue weighted by Crippen LogP contribution is -2.40. The van der Waals surface area contributed by atoms with Crippen molar-refractivity contribution in [2.75, 3.05) is 19.8 Å². The van der Waals surface area contributed by atoms with E-state index in [1.54, 1.807) is 43.3 Å². The minimum Gasteiger partial charge on any atom is -0.494 e. The minimum absolute atomic E-state index is 0.0362. The first-order chi connectivity index (χ1) is 23.4. The number of hydrogen-bond acceptors (Lipinski definition) is 4. The van der Waals surface area contributed by atoms with Crippen molar-refractivity contribution in [3.05, 3.63) is 108 Å². The quantitative estimate of drug-likeness (QED) is 0.0418. The number of halogens is 4. The Kier molecular flexibility index (Phi) is 13.0. The first kappa shape index (κ1) is 37.6. The predicted molar refractivity (Wildman–Crippen MR) is 190 cm³/mol. The number of benzene rings is 4. The molecule has 4 aromatic carbocycles. The highest BCUT2D eigenvalue weighted by Crippen LogP contribution is 2.36. The van der Waals surface area contributed by atoms with E-state index in [1.807, 2.05) is 12.1 Å². The van der Waals surface area contributed by atoms with Crippen molar-refractivity contribution in [2.24, 2.45) is 5.92 Å². The van der Waals surface area contributed by atoms with E-state index in [0.717, 1.165) is 18.9 Å². The Balaban J connectivity index is 1.43. The molecule has 0 aliphatic carbocycles. The van der Waals surface area contributed by atoms with Gasteiger partial charge in [-0.05, 0) is 43.0 Å². The van der Waals surface area contributed by atoms with E-state index in [1.165, 1.54) is 29.5 Å². The summed E-state index contributed by atoms with van der Waals surface area (Å²) in [6, 6.07) is 20.4. The molecule has 4 rings (SSSR count). The standard InChI is InChI=1S/C40H44F4O4Si/c1-6-7-23-49(4,5)31-16-12-29(13-17-31)33-19-21-35(39(44)37(33)42)34-20-18-32(36(41)38(34)43)28-10-14-30(15-11-28)47-22-8-9-27(24-45)25-48-40(46)26(2)3/h10-21,27,45H,2,6-9,22-25H2,1,3-5H3. The van der Waals surface area contributed by atoms with Crippen molar-refractivity contribution in [1.29, 1.82) is 0 Å². The topological polar surface area (TPSA) is 55.8 Å². The SMILES string of the molecule is C=C(C)C(=O)OCC(CO)CCCOc1ccc(-c2ccc(-c3ccc(-c4ccc([Si](C)(C)CCCC)cc4)c(F)c3F)c(F)c2F)cc1. The smallest absolute Gasteiger partial charge is 0.333 e. The first-order valence-electron chi connectivity index (χ1n) is 16.6. The first-order valence-corrected chi connectivity index (χ1v) is 19.8. The number of unbranched alkanes of at least 4 members (excludes halogenated alkanes) is 1. The van der Waals surface area contributed by atoms with Gasteiger partial charge in [-0.2, -0.15) is 0 Å². The molecule has 9 heteroatoms. The van der Waals surface area contributed by atoms with Crippen molar-refractivity contribution in [1.82, 2.24) is 0 Å². The summed E-state index contributed by atoms with van der Waals surface area (Å²) in [6.45, 7) is 12.1. The molecule has 1 atom stereocenters. The number of rotatable bonds is 16. The van der Waals surface area contributed by atoms with Crippen LogP contribution in [0.15, 0.2) is 84.9 Å². The van der Waals surface area contributed by atoms with Crippen molar-refractivity contribution >= 4 is 19.2 Å². The fraction of sp³-hybridized carbons (Fsp3) is 0.325. The molecule has 0 heterocycles. The van der Waals surface area contributed by atoms with Gasteiger partial charge in [0.25, 0.3) is 0 Å². The Morgan fingerprint density at radius 1 is 0.776 bits per heavy atom. The van der Waals surface area contributed by atoms with Gasteiger partial charge >= 0.3 is 5.97 Å². The summed E-state index contributed by atoms with van der Waals surface area (Å²) in [7, 11) is -1.64. The summed E-state index contributed by atoms with van der Waals surface area (Å²) in [5, 5.41) is 10.8. The molecule has 1 unspecified atom stereocenters. The van der Waals surface area contributed by atoms with E-state index in [2.05, 4.69) is 26.6 Å². The van der Waals surface area contributed by atoms with Gasteiger partial charge in [0.15, 0.2) is 23.3 Å².